The maximum absolute atomic E-state index is 12.9. The van der Waals surface area contributed by atoms with Gasteiger partial charge < -0.3 is 9.52 Å². The number of carbonyl (C=O) groups excluding carboxylic acids is 1. The van der Waals surface area contributed by atoms with E-state index >= 15 is 0 Å². The fourth-order valence-electron chi connectivity index (χ4n) is 3.00. The molecule has 0 saturated carbocycles. The Morgan fingerprint density at radius 1 is 1.17 bits per heavy atom. The molecule has 0 bridgehead atoms. The van der Waals surface area contributed by atoms with Crippen LogP contribution >= 0.6 is 47.2 Å². The second kappa shape index (κ2) is 10.0. The van der Waals surface area contributed by atoms with Gasteiger partial charge in [0.2, 0.25) is 0 Å². The smallest absolute Gasteiger partial charge is 0.303 e. The molecular formula is C21H19Cl2NO4S2. The summed E-state index contributed by atoms with van der Waals surface area (Å²) in [6.45, 7) is 2.31. The number of thioether (sulfide) groups is 1. The van der Waals surface area contributed by atoms with E-state index in [1.807, 2.05) is 25.1 Å². The van der Waals surface area contributed by atoms with Crippen LogP contribution in [0.25, 0.3) is 16.9 Å². The van der Waals surface area contributed by atoms with Gasteiger partial charge in [-0.2, -0.15) is 0 Å². The zero-order valence-corrected chi connectivity index (χ0v) is 19.3. The number of aliphatic carboxylic acids is 1. The number of thiocarbonyl (C=S) groups is 1. The van der Waals surface area contributed by atoms with Crippen LogP contribution in [0.4, 0.5) is 0 Å². The molecule has 30 heavy (non-hydrogen) atoms. The molecule has 2 aromatic rings. The largest absolute Gasteiger partial charge is 0.481 e. The minimum Gasteiger partial charge on any atom is -0.481 e. The van der Waals surface area contributed by atoms with Gasteiger partial charge in [-0.3, -0.25) is 14.5 Å². The normalized spacial score (nSPS) is 15.8. The number of carbonyl (C=O) groups is 2. The second-order valence-corrected chi connectivity index (χ2v) is 9.23. The van der Waals surface area contributed by atoms with E-state index in [4.69, 9.17) is 44.9 Å². The molecule has 1 saturated heterocycles. The van der Waals surface area contributed by atoms with Crippen LogP contribution in [0.15, 0.2) is 39.7 Å². The van der Waals surface area contributed by atoms with Gasteiger partial charge in [-0.1, -0.05) is 53.6 Å². The van der Waals surface area contributed by atoms with E-state index < -0.39 is 5.97 Å². The molecular weight excluding hydrogens is 465 g/mol. The van der Waals surface area contributed by atoms with Crippen molar-refractivity contribution >= 4 is 69.0 Å². The number of unbranched alkanes of at least 4 members (excludes halogenated alkanes) is 2. The van der Waals surface area contributed by atoms with Crippen LogP contribution in [0.3, 0.4) is 0 Å². The van der Waals surface area contributed by atoms with E-state index in [1.165, 1.54) is 11.8 Å². The first-order chi connectivity index (χ1) is 14.3. The van der Waals surface area contributed by atoms with Crippen LogP contribution in [0.1, 0.15) is 38.4 Å². The van der Waals surface area contributed by atoms with Gasteiger partial charge in [0.05, 0.1) is 15.0 Å². The summed E-state index contributed by atoms with van der Waals surface area (Å²) in [7, 11) is 0. The molecule has 5 nitrogen and oxygen atoms in total. The number of carboxylic acid groups (broad SMARTS) is 1. The van der Waals surface area contributed by atoms with Gasteiger partial charge in [-0.15, -0.1) is 0 Å². The lowest BCUT2D eigenvalue weighted by molar-refractivity contribution is -0.137. The molecule has 1 aliphatic heterocycles. The minimum atomic E-state index is -0.808. The average molecular weight is 484 g/mol. The summed E-state index contributed by atoms with van der Waals surface area (Å²) in [4.78, 5) is 25.6. The van der Waals surface area contributed by atoms with Crippen molar-refractivity contribution in [2.75, 3.05) is 6.54 Å². The topological polar surface area (TPSA) is 70.8 Å². The van der Waals surface area contributed by atoms with Crippen molar-refractivity contribution in [3.63, 3.8) is 0 Å². The number of benzene rings is 1. The van der Waals surface area contributed by atoms with Crippen molar-refractivity contribution in [1.82, 2.24) is 4.90 Å². The Kier molecular flexibility index (Phi) is 7.63. The second-order valence-electron chi connectivity index (χ2n) is 6.78. The molecule has 3 rings (SSSR count). The number of amides is 1. The summed E-state index contributed by atoms with van der Waals surface area (Å²) in [5.74, 6) is 0.251. The number of hydrogen-bond donors (Lipinski definition) is 1. The van der Waals surface area contributed by atoms with E-state index in [-0.39, 0.29) is 12.3 Å². The van der Waals surface area contributed by atoms with Gasteiger partial charge >= 0.3 is 5.97 Å². The molecule has 9 heteroatoms. The monoisotopic (exact) mass is 483 g/mol. The van der Waals surface area contributed by atoms with Crippen molar-refractivity contribution in [1.29, 1.82) is 0 Å². The maximum atomic E-state index is 12.9. The molecule has 158 valence electrons. The molecule has 0 atom stereocenters. The van der Waals surface area contributed by atoms with Crippen LogP contribution < -0.4 is 0 Å². The first-order valence-corrected chi connectivity index (χ1v) is 11.3. The third-order valence-corrected chi connectivity index (χ3v) is 6.93. The van der Waals surface area contributed by atoms with Gasteiger partial charge in [-0.25, -0.2) is 0 Å². The Bertz CT molecular complexity index is 1030. The number of halogens is 2. The number of carboxylic acids is 1. The minimum absolute atomic E-state index is 0.136. The first kappa shape index (κ1) is 22.9. The lowest BCUT2D eigenvalue weighted by Crippen LogP contribution is -2.29. The highest BCUT2D eigenvalue weighted by Gasteiger charge is 2.33. The molecule has 1 aromatic heterocycles. The van der Waals surface area contributed by atoms with E-state index in [0.717, 1.165) is 12.0 Å². The van der Waals surface area contributed by atoms with Crippen LogP contribution in [0.2, 0.25) is 10.0 Å². The maximum Gasteiger partial charge on any atom is 0.303 e. The molecule has 0 aliphatic carbocycles. The lowest BCUT2D eigenvalue weighted by Gasteiger charge is -2.14. The third-order valence-electron chi connectivity index (χ3n) is 4.64. The van der Waals surface area contributed by atoms with Gasteiger partial charge in [0.1, 0.15) is 15.8 Å². The number of nitrogens with zero attached hydrogens (tertiary/aromatic N) is 1. The highest BCUT2D eigenvalue weighted by atomic mass is 35.5. The van der Waals surface area contributed by atoms with Crippen LogP contribution in [-0.2, 0) is 9.59 Å². The zero-order chi connectivity index (χ0) is 21.8. The highest BCUT2D eigenvalue weighted by molar-refractivity contribution is 8.26. The highest BCUT2D eigenvalue weighted by Crippen LogP contribution is 2.38. The Labute approximate surface area is 194 Å². The predicted octanol–water partition coefficient (Wildman–Crippen LogP) is 6.49. The Morgan fingerprint density at radius 3 is 2.63 bits per heavy atom. The summed E-state index contributed by atoms with van der Waals surface area (Å²) >= 11 is 18.7. The van der Waals surface area contributed by atoms with E-state index in [2.05, 4.69) is 0 Å². The number of rotatable bonds is 8. The summed E-state index contributed by atoms with van der Waals surface area (Å²) in [6, 6.07) is 8.88. The summed E-state index contributed by atoms with van der Waals surface area (Å²) < 4.78 is 6.45. The van der Waals surface area contributed by atoms with Crippen molar-refractivity contribution in [2.24, 2.45) is 0 Å². The Morgan fingerprint density at radius 2 is 1.93 bits per heavy atom. The Balaban J connectivity index is 1.71. The summed E-state index contributed by atoms with van der Waals surface area (Å²) in [6.07, 6.45) is 2.15. The lowest BCUT2D eigenvalue weighted by atomic mass is 10.1. The fourth-order valence-corrected chi connectivity index (χ4v) is 4.63. The van der Waals surface area contributed by atoms with Gasteiger partial charge in [0, 0.05) is 24.1 Å². The van der Waals surface area contributed by atoms with Crippen LogP contribution in [-0.4, -0.2) is 32.7 Å². The first-order valence-electron chi connectivity index (χ1n) is 9.30. The molecule has 2 heterocycles. The van der Waals surface area contributed by atoms with Crippen molar-refractivity contribution in [3.05, 3.63) is 51.0 Å². The molecule has 1 N–H and O–H groups in total. The van der Waals surface area contributed by atoms with Crippen molar-refractivity contribution in [2.45, 2.75) is 32.6 Å². The SMILES string of the molecule is C/C(=C1/SC(=S)N(CCCCCC(=O)O)C1=O)c1ccc(-c2ccc(Cl)c(Cl)c2)o1. The van der Waals surface area contributed by atoms with Crippen LogP contribution in [0.5, 0.6) is 0 Å². The Hall–Kier alpha value is -1.80. The van der Waals surface area contributed by atoms with Crippen LogP contribution in [0, 0.1) is 0 Å². The fraction of sp³-hybridized carbons (Fsp3) is 0.286. The van der Waals surface area contributed by atoms with Crippen molar-refractivity contribution in [3.8, 4) is 11.3 Å². The standard InChI is InChI=1S/C21H19Cl2NO4S2/c1-12(16-8-9-17(28-16)13-6-7-14(22)15(23)11-13)19-20(27)24(21(29)30-19)10-4-2-3-5-18(25)26/h6-9,11H,2-5,10H2,1H3,(H,25,26)/b19-12-. The van der Waals surface area contributed by atoms with Gasteiger partial charge in [0.15, 0.2) is 0 Å². The predicted molar refractivity (Wildman–Crippen MR) is 125 cm³/mol. The van der Waals surface area contributed by atoms with Gasteiger partial charge in [-0.05, 0) is 50.1 Å². The molecule has 1 amide bonds. The van der Waals surface area contributed by atoms with E-state index in [9.17, 15) is 9.59 Å². The molecule has 1 fully saturated rings. The quantitative estimate of drug-likeness (QED) is 0.262. The van der Waals surface area contributed by atoms with E-state index in [1.54, 1.807) is 17.0 Å². The number of furan rings is 1. The average Bonchev–Trinajstić information content (AvgIpc) is 3.29. The zero-order valence-electron chi connectivity index (χ0n) is 16.1. The van der Waals surface area contributed by atoms with Crippen molar-refractivity contribution < 1.29 is 19.1 Å². The third kappa shape index (κ3) is 5.27. The molecule has 1 aliphatic rings. The number of hydrogen-bond acceptors (Lipinski definition) is 5. The summed E-state index contributed by atoms with van der Waals surface area (Å²) in [5, 5.41) is 9.60. The molecule has 0 unspecified atom stereocenters. The molecule has 0 spiro atoms. The number of allylic oxidation sites excluding steroid dienone is 1. The molecule has 1 aromatic carbocycles. The summed E-state index contributed by atoms with van der Waals surface area (Å²) in [5.41, 5.74) is 1.50. The molecule has 0 radical (unpaired) electrons. The van der Waals surface area contributed by atoms with E-state index in [0.29, 0.717) is 55.8 Å². The van der Waals surface area contributed by atoms with Gasteiger partial charge in [0.25, 0.3) is 5.91 Å².